The van der Waals surface area contributed by atoms with Crippen LogP contribution in [-0.2, 0) is 4.79 Å². The number of benzene rings is 2. The molecule has 0 saturated heterocycles. The fraction of sp³-hybridized carbons (Fsp3) is 0.0909. The molecule has 4 heteroatoms. The summed E-state index contributed by atoms with van der Waals surface area (Å²) < 4.78 is 5.40. The minimum Gasteiger partial charge on any atom is -0.496 e. The minimum atomic E-state index is -0.224. The van der Waals surface area contributed by atoms with E-state index in [4.69, 9.17) is 4.74 Å². The first-order chi connectivity index (χ1) is 12.7. The third kappa shape index (κ3) is 4.16. The molecule has 3 rings (SSSR count). The van der Waals surface area contributed by atoms with E-state index in [2.05, 4.69) is 10.3 Å². The fourth-order valence-electron chi connectivity index (χ4n) is 2.56. The molecule has 0 radical (unpaired) electrons. The zero-order chi connectivity index (χ0) is 18.4. The summed E-state index contributed by atoms with van der Waals surface area (Å²) in [6.45, 7) is 1.95. The first-order valence-electron chi connectivity index (χ1n) is 8.31. The number of aryl methyl sites for hydroxylation is 1. The highest BCUT2D eigenvalue weighted by Crippen LogP contribution is 2.25. The molecule has 1 heterocycles. The molecule has 0 aliphatic carbocycles. The number of methoxy groups -OCH3 is 1. The number of pyridine rings is 1. The lowest BCUT2D eigenvalue weighted by Crippen LogP contribution is -2.14. The summed E-state index contributed by atoms with van der Waals surface area (Å²) in [7, 11) is 1.62. The summed E-state index contributed by atoms with van der Waals surface area (Å²) >= 11 is 0. The first kappa shape index (κ1) is 17.4. The number of nitrogens with one attached hydrogen (secondary N) is 1. The topological polar surface area (TPSA) is 51.2 Å². The lowest BCUT2D eigenvalue weighted by Gasteiger charge is -2.11. The SMILES string of the molecule is COc1ccccc1/C=C(/C(=O)Nc1ccc(C)cn1)c1ccccc1. The number of anilines is 1. The van der Waals surface area contributed by atoms with Crippen molar-refractivity contribution in [1.82, 2.24) is 4.98 Å². The van der Waals surface area contributed by atoms with E-state index >= 15 is 0 Å². The number of amides is 1. The van der Waals surface area contributed by atoms with Crippen molar-refractivity contribution in [2.45, 2.75) is 6.92 Å². The Labute approximate surface area is 153 Å². The lowest BCUT2D eigenvalue weighted by molar-refractivity contribution is -0.111. The van der Waals surface area contributed by atoms with E-state index in [9.17, 15) is 4.79 Å². The average molecular weight is 344 g/mol. The fourth-order valence-corrected chi connectivity index (χ4v) is 2.56. The molecule has 0 aliphatic heterocycles. The van der Waals surface area contributed by atoms with E-state index in [1.54, 1.807) is 19.4 Å². The van der Waals surface area contributed by atoms with Crippen molar-refractivity contribution < 1.29 is 9.53 Å². The standard InChI is InChI=1S/C22H20N2O2/c1-16-12-13-21(23-15-16)24-22(25)19(17-8-4-3-5-9-17)14-18-10-6-7-11-20(18)26-2/h3-15H,1-2H3,(H,23,24,25)/b19-14+. The van der Waals surface area contributed by atoms with E-state index in [-0.39, 0.29) is 5.91 Å². The smallest absolute Gasteiger partial charge is 0.257 e. The van der Waals surface area contributed by atoms with Crippen LogP contribution in [-0.4, -0.2) is 18.0 Å². The maximum absolute atomic E-state index is 12.9. The number of rotatable bonds is 5. The predicted octanol–water partition coefficient (Wildman–Crippen LogP) is 4.58. The summed E-state index contributed by atoms with van der Waals surface area (Å²) in [5.74, 6) is 1.00. The van der Waals surface area contributed by atoms with Crippen LogP contribution in [0, 0.1) is 6.92 Å². The molecule has 1 N–H and O–H groups in total. The maximum atomic E-state index is 12.9. The van der Waals surface area contributed by atoms with E-state index in [1.807, 2.05) is 73.7 Å². The van der Waals surface area contributed by atoms with Crippen LogP contribution >= 0.6 is 0 Å². The number of hydrogen-bond acceptors (Lipinski definition) is 3. The van der Waals surface area contributed by atoms with Gasteiger partial charge in [-0.2, -0.15) is 0 Å². The molecule has 3 aromatic rings. The van der Waals surface area contributed by atoms with Gasteiger partial charge in [0.25, 0.3) is 5.91 Å². The van der Waals surface area contributed by atoms with Gasteiger partial charge in [-0.05, 0) is 36.3 Å². The molecule has 1 aromatic heterocycles. The van der Waals surface area contributed by atoms with Crippen LogP contribution in [0.4, 0.5) is 5.82 Å². The minimum absolute atomic E-state index is 0.224. The molecule has 0 bridgehead atoms. The van der Waals surface area contributed by atoms with Crippen LogP contribution in [0.5, 0.6) is 5.75 Å². The van der Waals surface area contributed by atoms with E-state index in [0.29, 0.717) is 17.1 Å². The third-order valence-corrected chi connectivity index (χ3v) is 3.92. The van der Waals surface area contributed by atoms with Crippen LogP contribution in [0.15, 0.2) is 72.9 Å². The number of carbonyl (C=O) groups is 1. The molecular weight excluding hydrogens is 324 g/mol. The van der Waals surface area contributed by atoms with Crippen LogP contribution in [0.1, 0.15) is 16.7 Å². The van der Waals surface area contributed by atoms with Crippen LogP contribution in [0.3, 0.4) is 0 Å². The molecule has 0 saturated carbocycles. The van der Waals surface area contributed by atoms with Gasteiger partial charge in [0.2, 0.25) is 0 Å². The van der Waals surface area contributed by atoms with Crippen molar-refractivity contribution in [3.8, 4) is 5.75 Å². The van der Waals surface area contributed by atoms with Gasteiger partial charge in [0, 0.05) is 17.3 Å². The number of hydrogen-bond donors (Lipinski definition) is 1. The van der Waals surface area contributed by atoms with Gasteiger partial charge in [-0.15, -0.1) is 0 Å². The number of aromatic nitrogens is 1. The van der Waals surface area contributed by atoms with Crippen molar-refractivity contribution in [3.05, 3.63) is 89.6 Å². The number of carbonyl (C=O) groups excluding carboxylic acids is 1. The molecule has 0 fully saturated rings. The average Bonchev–Trinajstić information content (AvgIpc) is 2.68. The van der Waals surface area contributed by atoms with Gasteiger partial charge < -0.3 is 10.1 Å². The van der Waals surface area contributed by atoms with Crippen LogP contribution < -0.4 is 10.1 Å². The molecule has 0 unspecified atom stereocenters. The highest BCUT2D eigenvalue weighted by atomic mass is 16.5. The largest absolute Gasteiger partial charge is 0.496 e. The van der Waals surface area contributed by atoms with Crippen molar-refractivity contribution >= 4 is 23.4 Å². The summed E-state index contributed by atoms with van der Waals surface area (Å²) in [5, 5.41) is 2.87. The molecule has 0 spiro atoms. The van der Waals surface area contributed by atoms with E-state index in [1.165, 1.54) is 0 Å². The Morgan fingerprint density at radius 1 is 1.00 bits per heavy atom. The van der Waals surface area contributed by atoms with Gasteiger partial charge >= 0.3 is 0 Å². The second kappa shape index (κ2) is 8.12. The van der Waals surface area contributed by atoms with E-state index in [0.717, 1.165) is 16.7 Å². The van der Waals surface area contributed by atoms with Crippen molar-refractivity contribution in [1.29, 1.82) is 0 Å². The van der Waals surface area contributed by atoms with Gasteiger partial charge in [0.1, 0.15) is 11.6 Å². The second-order valence-corrected chi connectivity index (χ2v) is 5.84. The zero-order valence-corrected chi connectivity index (χ0v) is 14.8. The highest BCUT2D eigenvalue weighted by Gasteiger charge is 2.14. The second-order valence-electron chi connectivity index (χ2n) is 5.84. The number of ether oxygens (including phenoxy) is 1. The molecule has 2 aromatic carbocycles. The molecule has 0 atom stereocenters. The van der Waals surface area contributed by atoms with Gasteiger partial charge in [-0.3, -0.25) is 4.79 Å². The maximum Gasteiger partial charge on any atom is 0.257 e. The molecule has 4 nitrogen and oxygen atoms in total. The van der Waals surface area contributed by atoms with Gasteiger partial charge in [0.05, 0.1) is 7.11 Å². The van der Waals surface area contributed by atoms with Crippen molar-refractivity contribution in [2.24, 2.45) is 0 Å². The Hall–Kier alpha value is -3.40. The molecule has 0 aliphatic rings. The van der Waals surface area contributed by atoms with Crippen LogP contribution in [0.25, 0.3) is 11.6 Å². The lowest BCUT2D eigenvalue weighted by atomic mass is 10.0. The Kier molecular flexibility index (Phi) is 5.44. The summed E-state index contributed by atoms with van der Waals surface area (Å²) in [6, 6.07) is 20.8. The monoisotopic (exact) mass is 344 g/mol. The van der Waals surface area contributed by atoms with E-state index < -0.39 is 0 Å². The summed E-state index contributed by atoms with van der Waals surface area (Å²) in [6.07, 6.45) is 3.55. The highest BCUT2D eigenvalue weighted by molar-refractivity contribution is 6.29. The Morgan fingerprint density at radius 3 is 2.42 bits per heavy atom. The van der Waals surface area contributed by atoms with Gasteiger partial charge in [-0.25, -0.2) is 4.98 Å². The number of para-hydroxylation sites is 1. The Bertz CT molecular complexity index is 916. The van der Waals surface area contributed by atoms with Crippen LogP contribution in [0.2, 0.25) is 0 Å². The van der Waals surface area contributed by atoms with Crippen molar-refractivity contribution in [3.63, 3.8) is 0 Å². The molecule has 130 valence electrons. The van der Waals surface area contributed by atoms with Crippen molar-refractivity contribution in [2.75, 3.05) is 12.4 Å². The zero-order valence-electron chi connectivity index (χ0n) is 14.8. The Balaban J connectivity index is 1.99. The molecular formula is C22H20N2O2. The van der Waals surface area contributed by atoms with Gasteiger partial charge in [-0.1, -0.05) is 54.6 Å². The quantitative estimate of drug-likeness (QED) is 0.544. The molecule has 26 heavy (non-hydrogen) atoms. The summed E-state index contributed by atoms with van der Waals surface area (Å²) in [4.78, 5) is 17.2. The molecule has 1 amide bonds. The van der Waals surface area contributed by atoms with Gasteiger partial charge in [0.15, 0.2) is 0 Å². The Morgan fingerprint density at radius 2 is 1.73 bits per heavy atom. The number of nitrogens with zero attached hydrogens (tertiary/aromatic N) is 1. The summed E-state index contributed by atoms with van der Waals surface area (Å²) in [5.41, 5.74) is 3.23. The third-order valence-electron chi connectivity index (χ3n) is 3.92. The normalized spacial score (nSPS) is 11.1. The first-order valence-corrected chi connectivity index (χ1v) is 8.31. The predicted molar refractivity (Wildman–Crippen MR) is 105 cm³/mol.